The minimum Gasteiger partial charge on any atom is -0.491 e. The first kappa shape index (κ1) is 16.5. The Labute approximate surface area is 145 Å². The first-order chi connectivity index (χ1) is 11.7. The van der Waals surface area contributed by atoms with Crippen molar-refractivity contribution in [1.82, 2.24) is 5.32 Å². The largest absolute Gasteiger partial charge is 0.491 e. The molecule has 2 heterocycles. The SMILES string of the molecule is CCc1ccc(CNC(=O)CN2C(=O)CCOc3ccccc32)s1. The van der Waals surface area contributed by atoms with Gasteiger partial charge in [0, 0.05) is 9.75 Å². The molecule has 126 valence electrons. The molecule has 1 aliphatic heterocycles. The highest BCUT2D eigenvalue weighted by molar-refractivity contribution is 7.11. The zero-order chi connectivity index (χ0) is 16.9. The van der Waals surface area contributed by atoms with Crippen LogP contribution < -0.4 is 15.0 Å². The normalized spacial score (nSPS) is 13.9. The lowest BCUT2D eigenvalue weighted by Crippen LogP contribution is -2.40. The van der Waals surface area contributed by atoms with E-state index in [1.165, 1.54) is 9.78 Å². The summed E-state index contributed by atoms with van der Waals surface area (Å²) in [5, 5.41) is 2.89. The quantitative estimate of drug-likeness (QED) is 0.907. The number of fused-ring (bicyclic) bond motifs is 1. The van der Waals surface area contributed by atoms with Crippen LogP contribution in [0, 0.1) is 0 Å². The third kappa shape index (κ3) is 3.76. The lowest BCUT2D eigenvalue weighted by molar-refractivity contribution is -0.124. The molecular formula is C18H20N2O3S. The summed E-state index contributed by atoms with van der Waals surface area (Å²) >= 11 is 1.70. The Bertz CT molecular complexity index is 741. The summed E-state index contributed by atoms with van der Waals surface area (Å²) in [5.74, 6) is 0.369. The minimum atomic E-state index is -0.175. The van der Waals surface area contributed by atoms with Gasteiger partial charge in [0.25, 0.3) is 0 Å². The van der Waals surface area contributed by atoms with Crippen molar-refractivity contribution >= 4 is 28.8 Å². The number of nitrogens with one attached hydrogen (secondary N) is 1. The van der Waals surface area contributed by atoms with Gasteiger partial charge >= 0.3 is 0 Å². The van der Waals surface area contributed by atoms with Gasteiger partial charge in [0.1, 0.15) is 12.3 Å². The van der Waals surface area contributed by atoms with Crippen molar-refractivity contribution < 1.29 is 14.3 Å². The number of rotatable bonds is 5. The molecule has 0 fully saturated rings. The minimum absolute atomic E-state index is 0.00518. The number of para-hydroxylation sites is 2. The lowest BCUT2D eigenvalue weighted by atomic mass is 10.2. The number of ether oxygens (including phenoxy) is 1. The first-order valence-corrected chi connectivity index (χ1v) is 8.85. The molecule has 1 aromatic heterocycles. The van der Waals surface area contributed by atoms with E-state index < -0.39 is 0 Å². The van der Waals surface area contributed by atoms with Crippen LogP contribution in [0.2, 0.25) is 0 Å². The molecule has 1 aliphatic rings. The molecule has 0 spiro atoms. The second-order valence-corrected chi connectivity index (χ2v) is 6.80. The van der Waals surface area contributed by atoms with Crippen LogP contribution in [0.5, 0.6) is 5.75 Å². The molecule has 0 radical (unpaired) electrons. The number of hydrogen-bond donors (Lipinski definition) is 1. The van der Waals surface area contributed by atoms with Crippen LogP contribution in [0.15, 0.2) is 36.4 Å². The van der Waals surface area contributed by atoms with E-state index >= 15 is 0 Å². The molecule has 0 unspecified atom stereocenters. The first-order valence-electron chi connectivity index (χ1n) is 8.04. The molecule has 6 heteroatoms. The number of benzene rings is 1. The predicted octanol–water partition coefficient (Wildman–Crippen LogP) is 2.74. The van der Waals surface area contributed by atoms with Crippen molar-refractivity contribution in [2.24, 2.45) is 0 Å². The summed E-state index contributed by atoms with van der Waals surface area (Å²) in [7, 11) is 0. The molecule has 1 N–H and O–H groups in total. The molecular weight excluding hydrogens is 324 g/mol. The molecule has 5 nitrogen and oxygen atoms in total. The van der Waals surface area contributed by atoms with Crippen LogP contribution in [-0.4, -0.2) is 25.0 Å². The van der Waals surface area contributed by atoms with E-state index in [-0.39, 0.29) is 24.8 Å². The number of nitrogens with zero attached hydrogens (tertiary/aromatic N) is 1. The molecule has 24 heavy (non-hydrogen) atoms. The van der Waals surface area contributed by atoms with Gasteiger partial charge in [-0.25, -0.2) is 0 Å². The van der Waals surface area contributed by atoms with E-state index in [1.54, 1.807) is 17.4 Å². The Balaban J connectivity index is 1.65. The molecule has 3 rings (SSSR count). The topological polar surface area (TPSA) is 58.6 Å². The maximum Gasteiger partial charge on any atom is 0.240 e. The van der Waals surface area contributed by atoms with Crippen LogP contribution >= 0.6 is 11.3 Å². The highest BCUT2D eigenvalue weighted by Crippen LogP contribution is 2.30. The van der Waals surface area contributed by atoms with Gasteiger partial charge < -0.3 is 10.1 Å². The van der Waals surface area contributed by atoms with Gasteiger partial charge in [-0.1, -0.05) is 19.1 Å². The fraction of sp³-hybridized carbons (Fsp3) is 0.333. The Morgan fingerprint density at radius 3 is 2.83 bits per heavy atom. The van der Waals surface area contributed by atoms with Crippen molar-refractivity contribution in [3.8, 4) is 5.75 Å². The molecule has 0 bridgehead atoms. The van der Waals surface area contributed by atoms with Crippen LogP contribution in [0.25, 0.3) is 0 Å². The number of amides is 2. The average molecular weight is 344 g/mol. The molecule has 0 saturated heterocycles. The summed E-state index contributed by atoms with van der Waals surface area (Å²) < 4.78 is 5.58. The van der Waals surface area contributed by atoms with Gasteiger partial charge in [0.2, 0.25) is 11.8 Å². The summed E-state index contributed by atoms with van der Waals surface area (Å²) in [6, 6.07) is 11.4. The van der Waals surface area contributed by atoms with Crippen LogP contribution in [-0.2, 0) is 22.6 Å². The molecule has 1 aromatic carbocycles. The Morgan fingerprint density at radius 2 is 2.04 bits per heavy atom. The second-order valence-electron chi connectivity index (χ2n) is 5.54. The van der Waals surface area contributed by atoms with Crippen molar-refractivity contribution in [3.05, 3.63) is 46.2 Å². The third-order valence-corrected chi connectivity index (χ3v) is 5.09. The highest BCUT2D eigenvalue weighted by atomic mass is 32.1. The number of aryl methyl sites for hydroxylation is 1. The van der Waals surface area contributed by atoms with Crippen LogP contribution in [0.3, 0.4) is 0 Å². The molecule has 0 aliphatic carbocycles. The summed E-state index contributed by atoms with van der Waals surface area (Å²) in [5.41, 5.74) is 0.652. The van der Waals surface area contributed by atoms with Crippen LogP contribution in [0.4, 0.5) is 5.69 Å². The molecule has 0 atom stereocenters. The Kier molecular flexibility index (Phi) is 5.15. The zero-order valence-electron chi connectivity index (χ0n) is 13.6. The van der Waals surface area contributed by atoms with E-state index in [1.807, 2.05) is 24.3 Å². The number of hydrogen-bond acceptors (Lipinski definition) is 4. The average Bonchev–Trinajstić information content (AvgIpc) is 3.00. The Morgan fingerprint density at radius 1 is 1.25 bits per heavy atom. The number of thiophene rings is 1. The van der Waals surface area contributed by atoms with Crippen molar-refractivity contribution in [1.29, 1.82) is 0 Å². The van der Waals surface area contributed by atoms with Gasteiger partial charge in [-0.3, -0.25) is 14.5 Å². The van der Waals surface area contributed by atoms with Gasteiger partial charge in [0.15, 0.2) is 0 Å². The second kappa shape index (κ2) is 7.49. The van der Waals surface area contributed by atoms with E-state index in [4.69, 9.17) is 4.74 Å². The third-order valence-electron chi connectivity index (χ3n) is 3.86. The van der Waals surface area contributed by atoms with E-state index in [0.717, 1.165) is 11.3 Å². The molecule has 2 aromatic rings. The Hall–Kier alpha value is -2.34. The summed E-state index contributed by atoms with van der Waals surface area (Å²) in [4.78, 5) is 28.5. The van der Waals surface area contributed by atoms with Crippen molar-refractivity contribution in [2.45, 2.75) is 26.3 Å². The standard InChI is InChI=1S/C18H20N2O3S/c1-2-13-7-8-14(24-13)11-19-17(21)12-20-15-5-3-4-6-16(15)23-10-9-18(20)22/h3-8H,2,9-12H2,1H3,(H,19,21). The van der Waals surface area contributed by atoms with Gasteiger partial charge in [-0.15, -0.1) is 11.3 Å². The highest BCUT2D eigenvalue weighted by Gasteiger charge is 2.24. The summed E-state index contributed by atoms with van der Waals surface area (Å²) in [6.07, 6.45) is 1.27. The fourth-order valence-electron chi connectivity index (χ4n) is 2.59. The van der Waals surface area contributed by atoms with E-state index in [2.05, 4.69) is 18.3 Å². The van der Waals surface area contributed by atoms with Crippen molar-refractivity contribution in [2.75, 3.05) is 18.1 Å². The lowest BCUT2D eigenvalue weighted by Gasteiger charge is -2.21. The predicted molar refractivity (Wildman–Crippen MR) is 94.5 cm³/mol. The number of carbonyl (C=O) groups excluding carboxylic acids is 2. The number of anilines is 1. The van der Waals surface area contributed by atoms with E-state index in [9.17, 15) is 9.59 Å². The monoisotopic (exact) mass is 344 g/mol. The smallest absolute Gasteiger partial charge is 0.240 e. The van der Waals surface area contributed by atoms with Gasteiger partial charge in [0.05, 0.1) is 25.3 Å². The maximum absolute atomic E-state index is 12.3. The molecule has 0 saturated carbocycles. The van der Waals surface area contributed by atoms with Gasteiger partial charge in [-0.2, -0.15) is 0 Å². The van der Waals surface area contributed by atoms with Crippen molar-refractivity contribution in [3.63, 3.8) is 0 Å². The maximum atomic E-state index is 12.3. The van der Waals surface area contributed by atoms with Gasteiger partial charge in [-0.05, 0) is 30.7 Å². The van der Waals surface area contributed by atoms with E-state index in [0.29, 0.717) is 24.6 Å². The number of carbonyl (C=O) groups is 2. The summed E-state index contributed by atoms with van der Waals surface area (Å²) in [6.45, 7) is 2.94. The van der Waals surface area contributed by atoms with Crippen LogP contribution in [0.1, 0.15) is 23.1 Å². The zero-order valence-corrected chi connectivity index (χ0v) is 14.4. The molecule has 2 amide bonds. The fourth-order valence-corrected chi connectivity index (χ4v) is 3.48.